The Hall–Kier alpha value is -2.36. The van der Waals surface area contributed by atoms with Crippen molar-refractivity contribution in [1.29, 1.82) is 5.26 Å². The number of nitrogens with zero attached hydrogens (tertiary/aromatic N) is 1. The third-order valence-corrected chi connectivity index (χ3v) is 4.59. The first-order valence-electron chi connectivity index (χ1n) is 6.27. The fourth-order valence-corrected chi connectivity index (χ4v) is 3.15. The Morgan fingerprint density at radius 2 is 1.86 bits per heavy atom. The van der Waals surface area contributed by atoms with Gasteiger partial charge in [0.1, 0.15) is 0 Å². The van der Waals surface area contributed by atoms with Crippen molar-refractivity contribution >= 4 is 15.7 Å². The summed E-state index contributed by atoms with van der Waals surface area (Å²) in [5.74, 6) is 0. The molecule has 3 N–H and O–H groups in total. The van der Waals surface area contributed by atoms with Crippen LogP contribution >= 0.6 is 0 Å². The molecule has 0 spiro atoms. The molecule has 5 nitrogen and oxygen atoms in total. The van der Waals surface area contributed by atoms with Crippen LogP contribution in [0, 0.1) is 18.3 Å². The highest BCUT2D eigenvalue weighted by Crippen LogP contribution is 2.18. The number of nitrogens with two attached hydrogens (primary N) is 1. The van der Waals surface area contributed by atoms with Crippen molar-refractivity contribution in [2.45, 2.75) is 18.4 Å². The molecule has 0 atom stereocenters. The van der Waals surface area contributed by atoms with E-state index >= 15 is 0 Å². The standard InChI is InChI=1S/C15H15N3O2S/c1-11-2-7-14(17)8-15(11)21(19,20)18-10-13-5-3-12(9-16)4-6-13/h2-8,18H,10,17H2,1H3. The molecular formula is C15H15N3O2S. The van der Waals surface area contributed by atoms with Crippen LogP contribution in [-0.2, 0) is 16.6 Å². The Morgan fingerprint density at radius 3 is 2.48 bits per heavy atom. The van der Waals surface area contributed by atoms with Crippen LogP contribution in [-0.4, -0.2) is 8.42 Å². The second-order valence-corrected chi connectivity index (χ2v) is 6.39. The highest BCUT2D eigenvalue weighted by Gasteiger charge is 2.16. The molecule has 0 radical (unpaired) electrons. The van der Waals surface area contributed by atoms with Gasteiger partial charge in [-0.3, -0.25) is 0 Å². The van der Waals surface area contributed by atoms with Gasteiger partial charge in [0.25, 0.3) is 0 Å². The molecule has 108 valence electrons. The number of nitrogen functional groups attached to an aromatic ring is 1. The second-order valence-electron chi connectivity index (χ2n) is 4.66. The molecule has 0 amide bonds. The van der Waals surface area contributed by atoms with Crippen LogP contribution in [0.3, 0.4) is 0 Å². The van der Waals surface area contributed by atoms with Crippen molar-refractivity contribution in [3.63, 3.8) is 0 Å². The van der Waals surface area contributed by atoms with E-state index in [4.69, 9.17) is 11.0 Å². The van der Waals surface area contributed by atoms with Crippen molar-refractivity contribution in [3.05, 3.63) is 59.2 Å². The smallest absolute Gasteiger partial charge is 0.241 e. The van der Waals surface area contributed by atoms with Crippen LogP contribution < -0.4 is 10.5 Å². The molecule has 6 heteroatoms. The van der Waals surface area contributed by atoms with Crippen molar-refractivity contribution in [2.24, 2.45) is 0 Å². The number of aryl methyl sites for hydroxylation is 1. The first kappa shape index (κ1) is 15.0. The lowest BCUT2D eigenvalue weighted by Crippen LogP contribution is -2.24. The molecular weight excluding hydrogens is 286 g/mol. The van der Waals surface area contributed by atoms with Gasteiger partial charge in [0.15, 0.2) is 0 Å². The molecule has 0 bridgehead atoms. The first-order valence-corrected chi connectivity index (χ1v) is 7.75. The van der Waals surface area contributed by atoms with E-state index in [2.05, 4.69) is 4.72 Å². The molecule has 0 aromatic heterocycles. The number of benzene rings is 2. The van der Waals surface area contributed by atoms with Crippen LogP contribution in [0.4, 0.5) is 5.69 Å². The molecule has 0 saturated heterocycles. The summed E-state index contributed by atoms with van der Waals surface area (Å²) in [5, 5.41) is 8.72. The predicted octanol–water partition coefficient (Wildman–Crippen LogP) is 1.93. The lowest BCUT2D eigenvalue weighted by atomic mass is 10.1. The van der Waals surface area contributed by atoms with Gasteiger partial charge in [0.2, 0.25) is 10.0 Å². The molecule has 0 aliphatic heterocycles. The van der Waals surface area contributed by atoms with Gasteiger partial charge in [-0.2, -0.15) is 5.26 Å². The lowest BCUT2D eigenvalue weighted by molar-refractivity contribution is 0.580. The van der Waals surface area contributed by atoms with E-state index in [0.717, 1.165) is 5.56 Å². The molecule has 2 aromatic rings. The highest BCUT2D eigenvalue weighted by molar-refractivity contribution is 7.89. The summed E-state index contributed by atoms with van der Waals surface area (Å²) in [6, 6.07) is 13.5. The zero-order chi connectivity index (χ0) is 15.5. The molecule has 21 heavy (non-hydrogen) atoms. The minimum absolute atomic E-state index is 0.155. The SMILES string of the molecule is Cc1ccc(N)cc1S(=O)(=O)NCc1ccc(C#N)cc1. The minimum Gasteiger partial charge on any atom is -0.399 e. The minimum atomic E-state index is -3.62. The van der Waals surface area contributed by atoms with Crippen molar-refractivity contribution in [3.8, 4) is 6.07 Å². The molecule has 2 aromatic carbocycles. The Morgan fingerprint density at radius 1 is 1.19 bits per heavy atom. The molecule has 0 aliphatic carbocycles. The fraction of sp³-hybridized carbons (Fsp3) is 0.133. The van der Waals surface area contributed by atoms with Crippen LogP contribution in [0.15, 0.2) is 47.4 Å². The van der Waals surface area contributed by atoms with E-state index in [1.54, 1.807) is 43.3 Å². The molecule has 0 unspecified atom stereocenters. The average Bonchev–Trinajstić information content (AvgIpc) is 2.48. The Bertz CT molecular complexity index is 791. The maximum atomic E-state index is 12.3. The first-order chi connectivity index (χ1) is 9.92. The van der Waals surface area contributed by atoms with Gasteiger partial charge in [-0.25, -0.2) is 13.1 Å². The maximum Gasteiger partial charge on any atom is 0.241 e. The Kier molecular flexibility index (Phi) is 4.26. The van der Waals surface area contributed by atoms with Crippen molar-refractivity contribution < 1.29 is 8.42 Å². The molecule has 0 fully saturated rings. The molecule has 0 aliphatic rings. The zero-order valence-corrected chi connectivity index (χ0v) is 12.3. The predicted molar refractivity (Wildman–Crippen MR) is 80.8 cm³/mol. The van der Waals surface area contributed by atoms with Crippen molar-refractivity contribution in [2.75, 3.05) is 5.73 Å². The normalized spacial score (nSPS) is 11.0. The second kappa shape index (κ2) is 5.95. The number of rotatable bonds is 4. The van der Waals surface area contributed by atoms with Crippen LogP contribution in [0.2, 0.25) is 0 Å². The molecule has 0 saturated carbocycles. The highest BCUT2D eigenvalue weighted by atomic mass is 32.2. The summed E-state index contributed by atoms with van der Waals surface area (Å²) >= 11 is 0. The third kappa shape index (κ3) is 3.60. The Labute approximate surface area is 124 Å². The van der Waals surface area contributed by atoms with E-state index in [1.165, 1.54) is 6.07 Å². The number of nitrogens with one attached hydrogen (secondary N) is 1. The van der Waals surface area contributed by atoms with Gasteiger partial charge < -0.3 is 5.73 Å². The quantitative estimate of drug-likeness (QED) is 0.843. The third-order valence-electron chi connectivity index (χ3n) is 3.05. The van der Waals surface area contributed by atoms with Gasteiger partial charge in [0, 0.05) is 12.2 Å². The van der Waals surface area contributed by atoms with Gasteiger partial charge in [0.05, 0.1) is 16.5 Å². The zero-order valence-electron chi connectivity index (χ0n) is 11.5. The van der Waals surface area contributed by atoms with E-state index in [1.807, 2.05) is 6.07 Å². The summed E-state index contributed by atoms with van der Waals surface area (Å²) in [7, 11) is -3.62. The topological polar surface area (TPSA) is 96.0 Å². The number of hydrogen-bond acceptors (Lipinski definition) is 4. The fourth-order valence-electron chi connectivity index (χ4n) is 1.86. The van der Waals surface area contributed by atoms with Crippen molar-refractivity contribution in [1.82, 2.24) is 4.72 Å². The van der Waals surface area contributed by atoms with E-state index in [-0.39, 0.29) is 11.4 Å². The maximum absolute atomic E-state index is 12.3. The monoisotopic (exact) mass is 301 g/mol. The van der Waals surface area contributed by atoms with Gasteiger partial charge in [-0.05, 0) is 42.3 Å². The largest absolute Gasteiger partial charge is 0.399 e. The summed E-state index contributed by atoms with van der Waals surface area (Å²) in [6.07, 6.45) is 0. The summed E-state index contributed by atoms with van der Waals surface area (Å²) in [5.41, 5.74) is 7.99. The summed E-state index contributed by atoms with van der Waals surface area (Å²) in [6.45, 7) is 1.87. The van der Waals surface area contributed by atoms with Gasteiger partial charge in [-0.1, -0.05) is 18.2 Å². The van der Waals surface area contributed by atoms with Crippen LogP contribution in [0.5, 0.6) is 0 Å². The average molecular weight is 301 g/mol. The summed E-state index contributed by atoms with van der Waals surface area (Å²) < 4.78 is 27.1. The number of anilines is 1. The van der Waals surface area contributed by atoms with E-state index in [9.17, 15) is 8.42 Å². The van der Waals surface area contributed by atoms with E-state index < -0.39 is 10.0 Å². The molecule has 0 heterocycles. The molecule has 2 rings (SSSR count). The van der Waals surface area contributed by atoms with Gasteiger partial charge in [-0.15, -0.1) is 0 Å². The van der Waals surface area contributed by atoms with Crippen LogP contribution in [0.25, 0.3) is 0 Å². The number of nitriles is 1. The number of sulfonamides is 1. The lowest BCUT2D eigenvalue weighted by Gasteiger charge is -2.10. The van der Waals surface area contributed by atoms with Gasteiger partial charge >= 0.3 is 0 Å². The number of hydrogen-bond donors (Lipinski definition) is 2. The van der Waals surface area contributed by atoms with Crippen LogP contribution in [0.1, 0.15) is 16.7 Å². The Balaban J connectivity index is 2.17. The summed E-state index contributed by atoms with van der Waals surface area (Å²) in [4.78, 5) is 0.177. The van der Waals surface area contributed by atoms with E-state index in [0.29, 0.717) is 16.8 Å².